The Bertz CT molecular complexity index is 707. The molecule has 0 fully saturated rings. The first-order chi connectivity index (χ1) is 10.3. The molecular formula is C14H21N3O3S2. The van der Waals surface area contributed by atoms with E-state index in [4.69, 9.17) is 0 Å². The number of fused-ring (bicyclic) bond motifs is 1. The maximum absolute atomic E-state index is 10.8. The van der Waals surface area contributed by atoms with E-state index in [1.165, 1.54) is 23.6 Å². The van der Waals surface area contributed by atoms with Gasteiger partial charge < -0.3 is 10.3 Å². The molecule has 2 aromatic heterocycles. The molecule has 2 aromatic rings. The lowest BCUT2D eigenvalue weighted by Gasteiger charge is -2.22. The van der Waals surface area contributed by atoms with Gasteiger partial charge in [-0.25, -0.2) is 4.98 Å². The van der Waals surface area contributed by atoms with Crippen LogP contribution in [0.15, 0.2) is 17.1 Å². The van der Waals surface area contributed by atoms with E-state index >= 15 is 0 Å². The maximum Gasteiger partial charge on any atom is 0.249 e. The van der Waals surface area contributed by atoms with Crippen molar-refractivity contribution in [3.63, 3.8) is 0 Å². The van der Waals surface area contributed by atoms with Gasteiger partial charge in [-0.2, -0.15) is 0 Å². The molecule has 0 spiro atoms. The quantitative estimate of drug-likeness (QED) is 0.804. The second-order valence-corrected chi connectivity index (χ2v) is 7.99. The fraction of sp³-hybridized carbons (Fsp3) is 0.500. The lowest BCUT2D eigenvalue weighted by Crippen LogP contribution is -2.37. The zero-order chi connectivity index (χ0) is 16.8. The number of aldehydes is 1. The van der Waals surface area contributed by atoms with E-state index in [0.717, 1.165) is 16.9 Å². The summed E-state index contributed by atoms with van der Waals surface area (Å²) in [6, 6.07) is 1.43. The van der Waals surface area contributed by atoms with Gasteiger partial charge in [0.15, 0.2) is 11.3 Å². The summed E-state index contributed by atoms with van der Waals surface area (Å²) in [5.41, 5.74) is 0.608. The Morgan fingerprint density at radius 2 is 2.18 bits per heavy atom. The van der Waals surface area contributed by atoms with E-state index in [1.807, 2.05) is 7.05 Å². The second-order valence-electron chi connectivity index (χ2n) is 5.38. The number of carbonyl (C=O) groups is 1. The number of aromatic nitrogens is 2. The molecule has 0 saturated carbocycles. The van der Waals surface area contributed by atoms with Gasteiger partial charge in [-0.05, 0) is 27.3 Å². The highest BCUT2D eigenvalue weighted by atomic mass is 32.2. The molecule has 22 heavy (non-hydrogen) atoms. The molecule has 0 radical (unpaired) electrons. The standard InChI is InChI=1S/C7H4N2O2S.C7H17NOS/c10-3-7-9-4-2-8-6(11)1-5(4)12-7;1-7(2,8-3)5-6-10(4)9/h1-3H,(H,8,11);8H,5-6H2,1-4H3. The van der Waals surface area contributed by atoms with Crippen molar-refractivity contribution < 1.29 is 9.00 Å². The molecule has 0 saturated heterocycles. The summed E-state index contributed by atoms with van der Waals surface area (Å²) in [5.74, 6) is 0.786. The van der Waals surface area contributed by atoms with Crippen LogP contribution < -0.4 is 10.9 Å². The van der Waals surface area contributed by atoms with Crippen molar-refractivity contribution in [1.29, 1.82) is 0 Å². The first-order valence-electron chi connectivity index (χ1n) is 6.71. The van der Waals surface area contributed by atoms with Crippen LogP contribution in [0.1, 0.15) is 30.1 Å². The SMILES string of the molecule is CNC(C)(C)CCS(C)=O.O=Cc1nc2c[nH]c(=O)cc2s1. The van der Waals surface area contributed by atoms with Crippen LogP contribution in [0.3, 0.4) is 0 Å². The van der Waals surface area contributed by atoms with Gasteiger partial charge in [-0.1, -0.05) is 0 Å². The number of hydrogen-bond acceptors (Lipinski definition) is 6. The summed E-state index contributed by atoms with van der Waals surface area (Å²) in [6.07, 6.45) is 4.88. The lowest BCUT2D eigenvalue weighted by molar-refractivity contribution is 0.112. The van der Waals surface area contributed by atoms with Crippen LogP contribution >= 0.6 is 11.3 Å². The molecule has 0 bridgehead atoms. The maximum atomic E-state index is 10.8. The predicted molar refractivity (Wildman–Crippen MR) is 92.3 cm³/mol. The fourth-order valence-corrected chi connectivity index (χ4v) is 3.03. The zero-order valence-corrected chi connectivity index (χ0v) is 14.8. The minimum Gasteiger partial charge on any atom is -0.327 e. The zero-order valence-electron chi connectivity index (χ0n) is 13.1. The van der Waals surface area contributed by atoms with Crippen molar-refractivity contribution in [1.82, 2.24) is 15.3 Å². The second kappa shape index (κ2) is 8.30. The van der Waals surface area contributed by atoms with Gasteiger partial charge in [-0.3, -0.25) is 13.8 Å². The van der Waals surface area contributed by atoms with Gasteiger partial charge >= 0.3 is 0 Å². The van der Waals surface area contributed by atoms with Gasteiger partial charge in [0.2, 0.25) is 5.56 Å². The third kappa shape index (κ3) is 6.17. The number of nitrogens with zero attached hydrogens (tertiary/aromatic N) is 1. The molecular weight excluding hydrogens is 322 g/mol. The Kier molecular flexibility index (Phi) is 7.05. The van der Waals surface area contributed by atoms with Crippen LogP contribution in [0.25, 0.3) is 10.2 Å². The highest BCUT2D eigenvalue weighted by Crippen LogP contribution is 2.17. The fourth-order valence-electron chi connectivity index (χ4n) is 1.44. The van der Waals surface area contributed by atoms with Crippen LogP contribution in [0.4, 0.5) is 0 Å². The Hall–Kier alpha value is -1.38. The Balaban J connectivity index is 0.000000225. The molecule has 2 rings (SSSR count). The van der Waals surface area contributed by atoms with Gasteiger partial charge in [0.1, 0.15) is 0 Å². The van der Waals surface area contributed by atoms with E-state index in [0.29, 0.717) is 16.8 Å². The highest BCUT2D eigenvalue weighted by Gasteiger charge is 2.14. The first kappa shape index (κ1) is 18.7. The van der Waals surface area contributed by atoms with Crippen molar-refractivity contribution in [2.24, 2.45) is 0 Å². The number of nitrogens with one attached hydrogen (secondary N) is 2. The number of H-pyrrole nitrogens is 1. The van der Waals surface area contributed by atoms with E-state index in [2.05, 4.69) is 29.1 Å². The van der Waals surface area contributed by atoms with E-state index in [9.17, 15) is 13.8 Å². The predicted octanol–water partition coefficient (Wildman–Crippen LogP) is 1.55. The summed E-state index contributed by atoms with van der Waals surface area (Å²) in [5, 5.41) is 3.55. The number of pyridine rings is 1. The van der Waals surface area contributed by atoms with E-state index < -0.39 is 10.8 Å². The van der Waals surface area contributed by atoms with E-state index in [1.54, 1.807) is 6.26 Å². The summed E-state index contributed by atoms with van der Waals surface area (Å²) >= 11 is 1.21. The Morgan fingerprint density at radius 1 is 1.50 bits per heavy atom. The average molecular weight is 343 g/mol. The van der Waals surface area contributed by atoms with Crippen molar-refractivity contribution in [3.05, 3.63) is 27.6 Å². The number of hydrogen-bond donors (Lipinski definition) is 2. The molecule has 6 nitrogen and oxygen atoms in total. The molecule has 0 aliphatic rings. The molecule has 2 heterocycles. The molecule has 8 heteroatoms. The number of carbonyl (C=O) groups excluding carboxylic acids is 1. The van der Waals surface area contributed by atoms with Gasteiger partial charge in [0, 0.05) is 40.6 Å². The lowest BCUT2D eigenvalue weighted by atomic mass is 10.0. The van der Waals surface area contributed by atoms with Crippen molar-refractivity contribution in [2.45, 2.75) is 25.8 Å². The van der Waals surface area contributed by atoms with Gasteiger partial charge in [0.25, 0.3) is 0 Å². The number of thiazole rings is 1. The Morgan fingerprint density at radius 3 is 2.73 bits per heavy atom. The topological polar surface area (TPSA) is 91.9 Å². The molecule has 1 atom stereocenters. The monoisotopic (exact) mass is 343 g/mol. The van der Waals surface area contributed by atoms with Gasteiger partial charge in [-0.15, -0.1) is 11.3 Å². The average Bonchev–Trinajstić information content (AvgIpc) is 2.88. The summed E-state index contributed by atoms with van der Waals surface area (Å²) < 4.78 is 11.4. The molecule has 0 aliphatic heterocycles. The van der Waals surface area contributed by atoms with Gasteiger partial charge in [0.05, 0.1) is 10.2 Å². The van der Waals surface area contributed by atoms with E-state index in [-0.39, 0.29) is 11.1 Å². The molecule has 2 N–H and O–H groups in total. The van der Waals surface area contributed by atoms with Crippen molar-refractivity contribution in [2.75, 3.05) is 19.1 Å². The van der Waals surface area contributed by atoms with Crippen LogP contribution in [0, 0.1) is 0 Å². The molecule has 0 aliphatic carbocycles. The third-order valence-electron chi connectivity index (χ3n) is 3.10. The molecule has 0 aromatic carbocycles. The van der Waals surface area contributed by atoms with Crippen molar-refractivity contribution >= 4 is 38.6 Å². The Labute approximate surface area is 135 Å². The number of rotatable bonds is 5. The van der Waals surface area contributed by atoms with Crippen LogP contribution in [-0.4, -0.2) is 45.1 Å². The summed E-state index contributed by atoms with van der Waals surface area (Å²) in [4.78, 5) is 27.6. The van der Waals surface area contributed by atoms with Crippen molar-refractivity contribution in [3.8, 4) is 0 Å². The normalized spacial score (nSPS) is 12.5. The highest BCUT2D eigenvalue weighted by molar-refractivity contribution is 7.84. The smallest absolute Gasteiger partial charge is 0.249 e. The number of aromatic amines is 1. The first-order valence-corrected chi connectivity index (χ1v) is 9.25. The third-order valence-corrected chi connectivity index (χ3v) is 4.83. The van der Waals surface area contributed by atoms with Crippen LogP contribution in [0.2, 0.25) is 0 Å². The molecule has 0 amide bonds. The molecule has 122 valence electrons. The minimum absolute atomic E-state index is 0.131. The van der Waals surface area contributed by atoms with Crippen LogP contribution in [-0.2, 0) is 10.8 Å². The minimum atomic E-state index is -0.654. The summed E-state index contributed by atoms with van der Waals surface area (Å²) in [6.45, 7) is 4.22. The largest absolute Gasteiger partial charge is 0.327 e. The van der Waals surface area contributed by atoms with Crippen LogP contribution in [0.5, 0.6) is 0 Å². The molecule has 1 unspecified atom stereocenters. The summed E-state index contributed by atoms with van der Waals surface area (Å²) in [7, 11) is 1.28.